The summed E-state index contributed by atoms with van der Waals surface area (Å²) in [6.45, 7) is 7.11. The fourth-order valence-electron chi connectivity index (χ4n) is 4.96. The third-order valence-corrected chi connectivity index (χ3v) is 7.39. The Morgan fingerprint density at radius 3 is 2.15 bits per heavy atom. The lowest BCUT2D eigenvalue weighted by molar-refractivity contribution is -0.137. The van der Waals surface area contributed by atoms with E-state index in [2.05, 4.69) is 73.1 Å². The van der Waals surface area contributed by atoms with Crippen LogP contribution in [-0.2, 0) is 19.3 Å². The average molecular weight is 527 g/mol. The zero-order chi connectivity index (χ0) is 27.7. The van der Waals surface area contributed by atoms with Crippen molar-refractivity contribution in [1.29, 1.82) is 0 Å². The van der Waals surface area contributed by atoms with Crippen LogP contribution in [-0.4, -0.2) is 10.5 Å². The van der Waals surface area contributed by atoms with Gasteiger partial charge in [0.1, 0.15) is 0 Å². The van der Waals surface area contributed by atoms with Crippen LogP contribution in [0.4, 0.5) is 13.2 Å². The maximum Gasteiger partial charge on any atom is 0.416 e. The van der Waals surface area contributed by atoms with Crippen LogP contribution in [0.1, 0.15) is 43.9 Å². The van der Waals surface area contributed by atoms with Crippen molar-refractivity contribution in [3.63, 3.8) is 0 Å². The second-order valence-electron chi connectivity index (χ2n) is 9.92. The van der Waals surface area contributed by atoms with Gasteiger partial charge in [-0.2, -0.15) is 13.2 Å². The predicted molar refractivity (Wildman–Crippen MR) is 150 cm³/mol. The van der Waals surface area contributed by atoms with Gasteiger partial charge in [0.15, 0.2) is 0 Å². The SMILES string of the molecule is Cc1ccccc1-c1ccc(Cn2c(C)c(C)c3cc(C(=O)NCc4ccc(C(F)(F)F)cc4)ccc32)cc1. The van der Waals surface area contributed by atoms with E-state index in [1.54, 1.807) is 6.07 Å². The first kappa shape index (κ1) is 26.3. The molecule has 1 aromatic heterocycles. The summed E-state index contributed by atoms with van der Waals surface area (Å²) in [6, 6.07) is 27.4. The van der Waals surface area contributed by atoms with Gasteiger partial charge in [0, 0.05) is 35.2 Å². The van der Waals surface area contributed by atoms with Crippen molar-refractivity contribution in [1.82, 2.24) is 9.88 Å². The van der Waals surface area contributed by atoms with E-state index in [-0.39, 0.29) is 12.5 Å². The molecule has 6 heteroatoms. The quantitative estimate of drug-likeness (QED) is 0.238. The summed E-state index contributed by atoms with van der Waals surface area (Å²) in [5.74, 6) is -0.270. The van der Waals surface area contributed by atoms with Gasteiger partial charge in [-0.05, 0) is 84.5 Å². The average Bonchev–Trinajstić information content (AvgIpc) is 3.16. The molecule has 0 spiro atoms. The smallest absolute Gasteiger partial charge is 0.348 e. The molecule has 0 fully saturated rings. The van der Waals surface area contributed by atoms with Crippen LogP contribution in [0.15, 0.2) is 91.0 Å². The van der Waals surface area contributed by atoms with E-state index in [0.717, 1.165) is 34.3 Å². The van der Waals surface area contributed by atoms with E-state index in [1.807, 2.05) is 18.2 Å². The first-order valence-electron chi connectivity index (χ1n) is 12.8. The summed E-state index contributed by atoms with van der Waals surface area (Å²) < 4.78 is 40.6. The predicted octanol–water partition coefficient (Wildman–Crippen LogP) is 8.23. The largest absolute Gasteiger partial charge is 0.416 e. The van der Waals surface area contributed by atoms with Gasteiger partial charge >= 0.3 is 6.18 Å². The van der Waals surface area contributed by atoms with Gasteiger partial charge in [-0.3, -0.25) is 4.79 Å². The number of fused-ring (bicyclic) bond motifs is 1. The van der Waals surface area contributed by atoms with Crippen LogP contribution >= 0.6 is 0 Å². The summed E-state index contributed by atoms with van der Waals surface area (Å²) in [4.78, 5) is 12.9. The minimum absolute atomic E-state index is 0.145. The summed E-state index contributed by atoms with van der Waals surface area (Å²) in [6.07, 6.45) is -4.38. The maximum atomic E-state index is 12.9. The lowest BCUT2D eigenvalue weighted by Crippen LogP contribution is -2.22. The molecule has 0 radical (unpaired) electrons. The van der Waals surface area contributed by atoms with E-state index >= 15 is 0 Å². The highest BCUT2D eigenvalue weighted by atomic mass is 19.4. The molecule has 1 amide bonds. The van der Waals surface area contributed by atoms with Gasteiger partial charge in [-0.1, -0.05) is 60.7 Å². The number of nitrogens with one attached hydrogen (secondary N) is 1. The van der Waals surface area contributed by atoms with Crippen molar-refractivity contribution in [3.8, 4) is 11.1 Å². The number of nitrogens with zero attached hydrogens (tertiary/aromatic N) is 1. The third-order valence-electron chi connectivity index (χ3n) is 7.39. The molecule has 1 N–H and O–H groups in total. The van der Waals surface area contributed by atoms with E-state index in [4.69, 9.17) is 0 Å². The molecule has 5 aromatic rings. The number of amides is 1. The van der Waals surface area contributed by atoms with Crippen LogP contribution in [0.25, 0.3) is 22.0 Å². The lowest BCUT2D eigenvalue weighted by Gasteiger charge is -2.11. The van der Waals surface area contributed by atoms with Crippen molar-refractivity contribution >= 4 is 16.8 Å². The molecular formula is C33H29F3N2O. The standard InChI is InChI=1S/C33H29F3N2O/c1-21-6-4-5-7-29(21)26-12-8-25(9-13-26)20-38-23(3)22(2)30-18-27(14-17-31(30)38)32(39)37-19-24-10-15-28(16-11-24)33(34,35)36/h4-18H,19-20H2,1-3H3,(H,37,39). The van der Waals surface area contributed by atoms with E-state index < -0.39 is 11.7 Å². The molecule has 3 nitrogen and oxygen atoms in total. The fourth-order valence-corrected chi connectivity index (χ4v) is 4.96. The minimum atomic E-state index is -4.38. The third kappa shape index (κ3) is 5.46. The number of hydrogen-bond acceptors (Lipinski definition) is 1. The minimum Gasteiger partial charge on any atom is -0.348 e. The molecule has 39 heavy (non-hydrogen) atoms. The van der Waals surface area contributed by atoms with Gasteiger partial charge in [0.25, 0.3) is 5.91 Å². The Hall–Kier alpha value is -4.32. The lowest BCUT2D eigenvalue weighted by atomic mass is 9.99. The Labute approximate surface area is 225 Å². The monoisotopic (exact) mass is 526 g/mol. The highest BCUT2D eigenvalue weighted by molar-refractivity contribution is 5.99. The second kappa shape index (κ2) is 10.4. The van der Waals surface area contributed by atoms with Crippen molar-refractivity contribution < 1.29 is 18.0 Å². The van der Waals surface area contributed by atoms with Gasteiger partial charge in [-0.25, -0.2) is 0 Å². The van der Waals surface area contributed by atoms with Crippen LogP contribution in [0.5, 0.6) is 0 Å². The molecular weight excluding hydrogens is 497 g/mol. The van der Waals surface area contributed by atoms with Gasteiger partial charge < -0.3 is 9.88 Å². The molecule has 0 atom stereocenters. The second-order valence-corrected chi connectivity index (χ2v) is 9.92. The highest BCUT2D eigenvalue weighted by Gasteiger charge is 2.29. The van der Waals surface area contributed by atoms with Crippen molar-refractivity contribution in [2.75, 3.05) is 0 Å². The first-order valence-corrected chi connectivity index (χ1v) is 12.8. The number of rotatable bonds is 6. The summed E-state index contributed by atoms with van der Waals surface area (Å²) in [5.41, 5.74) is 8.54. The molecule has 0 aliphatic rings. The zero-order valence-corrected chi connectivity index (χ0v) is 22.1. The summed E-state index contributed by atoms with van der Waals surface area (Å²) in [7, 11) is 0. The van der Waals surface area contributed by atoms with Gasteiger partial charge in [0.05, 0.1) is 5.56 Å². The molecule has 0 saturated heterocycles. The normalized spacial score (nSPS) is 11.6. The Morgan fingerprint density at radius 1 is 0.821 bits per heavy atom. The number of alkyl halides is 3. The van der Waals surface area contributed by atoms with E-state index in [9.17, 15) is 18.0 Å². The molecule has 1 heterocycles. The number of halogens is 3. The molecule has 0 saturated carbocycles. The molecule has 4 aromatic carbocycles. The molecule has 0 unspecified atom stereocenters. The summed E-state index contributed by atoms with van der Waals surface area (Å²) in [5, 5.41) is 3.82. The van der Waals surface area contributed by atoms with Crippen LogP contribution < -0.4 is 5.32 Å². The van der Waals surface area contributed by atoms with Gasteiger partial charge in [0.2, 0.25) is 0 Å². The topological polar surface area (TPSA) is 34.0 Å². The fraction of sp³-hybridized carbons (Fsp3) is 0.182. The van der Waals surface area contributed by atoms with Crippen LogP contribution in [0.3, 0.4) is 0 Å². The van der Waals surface area contributed by atoms with E-state index in [1.165, 1.54) is 34.4 Å². The Bertz CT molecular complexity index is 1650. The van der Waals surface area contributed by atoms with Crippen molar-refractivity contribution in [3.05, 3.63) is 130 Å². The van der Waals surface area contributed by atoms with Crippen LogP contribution in [0.2, 0.25) is 0 Å². The van der Waals surface area contributed by atoms with Crippen LogP contribution in [0, 0.1) is 20.8 Å². The number of carbonyl (C=O) groups excluding carboxylic acids is 1. The molecule has 198 valence electrons. The Morgan fingerprint density at radius 2 is 1.49 bits per heavy atom. The highest BCUT2D eigenvalue weighted by Crippen LogP contribution is 2.30. The van der Waals surface area contributed by atoms with Crippen molar-refractivity contribution in [2.45, 2.75) is 40.0 Å². The zero-order valence-electron chi connectivity index (χ0n) is 22.1. The molecule has 5 rings (SSSR count). The Balaban J connectivity index is 1.32. The number of aryl methyl sites for hydroxylation is 2. The number of carbonyl (C=O) groups is 1. The molecule has 0 aliphatic heterocycles. The van der Waals surface area contributed by atoms with Gasteiger partial charge in [-0.15, -0.1) is 0 Å². The first-order chi connectivity index (χ1) is 18.6. The molecule has 0 aliphatic carbocycles. The maximum absolute atomic E-state index is 12.9. The number of hydrogen-bond donors (Lipinski definition) is 1. The number of benzene rings is 4. The van der Waals surface area contributed by atoms with E-state index in [0.29, 0.717) is 17.7 Å². The number of aromatic nitrogens is 1. The Kier molecular flexibility index (Phi) is 7.04. The molecule has 0 bridgehead atoms. The van der Waals surface area contributed by atoms with Crippen molar-refractivity contribution in [2.24, 2.45) is 0 Å². The summed E-state index contributed by atoms with van der Waals surface area (Å²) >= 11 is 0.